The van der Waals surface area contributed by atoms with Crippen LogP contribution in [0.25, 0.3) is 0 Å². The average Bonchev–Trinajstić information content (AvgIpc) is 2.77. The van der Waals surface area contributed by atoms with Crippen molar-refractivity contribution in [3.8, 4) is 0 Å². The molecule has 0 bridgehead atoms. The van der Waals surface area contributed by atoms with Crippen LogP contribution in [0, 0.1) is 0 Å². The van der Waals surface area contributed by atoms with Gasteiger partial charge in [-0.25, -0.2) is 4.98 Å². The summed E-state index contributed by atoms with van der Waals surface area (Å²) in [6.45, 7) is 2.17. The first-order chi connectivity index (χ1) is 8.56. The number of hydrogen-bond donors (Lipinski definition) is 2. The number of carboxylic acid groups (broad SMARTS) is 1. The van der Waals surface area contributed by atoms with E-state index in [2.05, 4.69) is 16.9 Å². The molecule has 2 unspecified atom stereocenters. The first-order valence-electron chi connectivity index (χ1n) is 6.17. The van der Waals surface area contributed by atoms with Gasteiger partial charge in [0.25, 0.3) is 0 Å². The van der Waals surface area contributed by atoms with E-state index in [9.17, 15) is 4.79 Å². The second-order valence-electron chi connectivity index (χ2n) is 4.92. The molecule has 0 radical (unpaired) electrons. The lowest BCUT2D eigenvalue weighted by Gasteiger charge is -2.28. The summed E-state index contributed by atoms with van der Waals surface area (Å²) in [5.41, 5.74) is 6.89. The van der Waals surface area contributed by atoms with Gasteiger partial charge in [0, 0.05) is 17.8 Å². The van der Waals surface area contributed by atoms with Crippen LogP contribution in [-0.2, 0) is 4.79 Å². The largest absolute Gasteiger partial charge is 0.481 e. The van der Waals surface area contributed by atoms with Gasteiger partial charge in [0.1, 0.15) is 5.01 Å². The maximum absolute atomic E-state index is 10.6. The molecule has 1 aromatic heterocycles. The summed E-state index contributed by atoms with van der Waals surface area (Å²) in [5.74, 6) is -0.414. The fourth-order valence-electron chi connectivity index (χ4n) is 2.34. The minimum Gasteiger partial charge on any atom is -0.481 e. The molecule has 1 fully saturated rings. The highest BCUT2D eigenvalue weighted by atomic mass is 32.1. The second kappa shape index (κ2) is 5.77. The Kier molecular flexibility index (Phi) is 4.31. The number of rotatable bonds is 4. The molecule has 1 saturated heterocycles. The summed E-state index contributed by atoms with van der Waals surface area (Å²) in [4.78, 5) is 17.5. The average molecular weight is 269 g/mol. The Morgan fingerprint density at radius 3 is 3.22 bits per heavy atom. The quantitative estimate of drug-likeness (QED) is 0.864. The Morgan fingerprint density at radius 2 is 2.56 bits per heavy atom. The molecule has 6 heteroatoms. The second-order valence-corrected chi connectivity index (χ2v) is 5.81. The van der Waals surface area contributed by atoms with Crippen molar-refractivity contribution in [2.24, 2.45) is 5.73 Å². The number of nitrogens with two attached hydrogens (primary N) is 1. The molecule has 1 aliphatic heterocycles. The molecule has 3 N–H and O–H groups in total. The van der Waals surface area contributed by atoms with Crippen LogP contribution in [0.15, 0.2) is 5.38 Å². The van der Waals surface area contributed by atoms with Crippen molar-refractivity contribution >= 4 is 17.3 Å². The summed E-state index contributed by atoms with van der Waals surface area (Å²) >= 11 is 1.48. The number of piperidine rings is 1. The maximum Gasteiger partial charge on any atom is 0.305 e. The van der Waals surface area contributed by atoms with Crippen molar-refractivity contribution in [1.29, 1.82) is 0 Å². The Morgan fingerprint density at radius 1 is 1.78 bits per heavy atom. The van der Waals surface area contributed by atoms with Gasteiger partial charge in [-0.2, -0.15) is 0 Å². The van der Waals surface area contributed by atoms with E-state index in [0.29, 0.717) is 5.92 Å². The maximum atomic E-state index is 10.6. The van der Waals surface area contributed by atoms with Crippen LogP contribution in [0.1, 0.15) is 41.9 Å². The first-order valence-corrected chi connectivity index (χ1v) is 7.05. The van der Waals surface area contributed by atoms with Gasteiger partial charge >= 0.3 is 5.97 Å². The number of hydrogen-bond acceptors (Lipinski definition) is 5. The SMILES string of the molecule is CN1CCCC(c2csc(C(N)CC(=O)O)n2)C1. The van der Waals surface area contributed by atoms with Crippen molar-refractivity contribution in [2.45, 2.75) is 31.2 Å². The van der Waals surface area contributed by atoms with E-state index in [1.807, 2.05) is 5.38 Å². The van der Waals surface area contributed by atoms with Gasteiger partial charge in [-0.15, -0.1) is 11.3 Å². The van der Waals surface area contributed by atoms with Crippen LogP contribution < -0.4 is 5.73 Å². The van der Waals surface area contributed by atoms with Crippen molar-refractivity contribution in [3.05, 3.63) is 16.1 Å². The highest BCUT2D eigenvalue weighted by Gasteiger charge is 2.22. The number of likely N-dealkylation sites (N-methyl/N-ethyl adjacent to an activating group) is 1. The van der Waals surface area contributed by atoms with Gasteiger partial charge in [-0.3, -0.25) is 4.79 Å². The van der Waals surface area contributed by atoms with Crippen molar-refractivity contribution in [3.63, 3.8) is 0 Å². The molecule has 18 heavy (non-hydrogen) atoms. The molecule has 0 aliphatic carbocycles. The van der Waals surface area contributed by atoms with Crippen LogP contribution >= 0.6 is 11.3 Å². The zero-order valence-corrected chi connectivity index (χ0v) is 11.3. The number of carbonyl (C=O) groups is 1. The topological polar surface area (TPSA) is 79.5 Å². The molecule has 0 spiro atoms. The van der Waals surface area contributed by atoms with Crippen molar-refractivity contribution < 1.29 is 9.90 Å². The lowest BCUT2D eigenvalue weighted by molar-refractivity contribution is -0.137. The molecule has 0 amide bonds. The molecule has 5 nitrogen and oxygen atoms in total. The molecular formula is C12H19N3O2S. The minimum atomic E-state index is -0.878. The fraction of sp³-hybridized carbons (Fsp3) is 0.667. The van der Waals surface area contributed by atoms with Crippen molar-refractivity contribution in [1.82, 2.24) is 9.88 Å². The number of aromatic nitrogens is 1. The fourth-order valence-corrected chi connectivity index (χ4v) is 3.24. The van der Waals surface area contributed by atoms with Crippen LogP contribution in [0.4, 0.5) is 0 Å². The normalized spacial score (nSPS) is 22.9. The third-order valence-corrected chi connectivity index (χ3v) is 4.29. The third kappa shape index (κ3) is 3.28. The number of nitrogens with zero attached hydrogens (tertiary/aromatic N) is 2. The predicted molar refractivity (Wildman–Crippen MR) is 70.8 cm³/mol. The minimum absolute atomic E-state index is 0.0580. The van der Waals surface area contributed by atoms with E-state index >= 15 is 0 Å². The molecule has 1 aliphatic rings. The van der Waals surface area contributed by atoms with E-state index < -0.39 is 12.0 Å². The van der Waals surface area contributed by atoms with E-state index in [0.717, 1.165) is 30.2 Å². The molecule has 2 heterocycles. The highest BCUT2D eigenvalue weighted by Crippen LogP contribution is 2.29. The van der Waals surface area contributed by atoms with Gasteiger partial charge in [0.2, 0.25) is 0 Å². The Labute approximate surface area is 111 Å². The smallest absolute Gasteiger partial charge is 0.305 e. The van der Waals surface area contributed by atoms with Crippen LogP contribution in [-0.4, -0.2) is 41.1 Å². The van der Waals surface area contributed by atoms with E-state index in [1.54, 1.807) is 0 Å². The number of carboxylic acids is 1. The standard InChI is InChI=1S/C12H19N3O2S/c1-15-4-2-3-8(6-15)10-7-18-12(14-10)9(13)5-11(16)17/h7-9H,2-6,13H2,1H3,(H,16,17). The zero-order valence-electron chi connectivity index (χ0n) is 10.5. The van der Waals surface area contributed by atoms with Gasteiger partial charge in [-0.1, -0.05) is 0 Å². The van der Waals surface area contributed by atoms with Crippen LogP contribution in [0.3, 0.4) is 0 Å². The number of thiazole rings is 1. The van der Waals surface area contributed by atoms with Gasteiger partial charge in [0.15, 0.2) is 0 Å². The van der Waals surface area contributed by atoms with Gasteiger partial charge < -0.3 is 15.7 Å². The van der Waals surface area contributed by atoms with E-state index in [-0.39, 0.29) is 6.42 Å². The summed E-state index contributed by atoms with van der Waals surface area (Å²) in [5, 5.41) is 11.5. The molecule has 100 valence electrons. The van der Waals surface area contributed by atoms with Gasteiger partial charge in [-0.05, 0) is 26.4 Å². The Balaban J connectivity index is 2.03. The monoisotopic (exact) mass is 269 g/mol. The van der Waals surface area contributed by atoms with Crippen LogP contribution in [0.2, 0.25) is 0 Å². The predicted octanol–water partition coefficient (Wildman–Crippen LogP) is 1.43. The number of aliphatic carboxylic acids is 1. The van der Waals surface area contributed by atoms with Crippen LogP contribution in [0.5, 0.6) is 0 Å². The Bertz CT molecular complexity index is 421. The zero-order chi connectivity index (χ0) is 13.1. The molecule has 2 atom stereocenters. The molecule has 0 saturated carbocycles. The molecule has 1 aromatic rings. The van der Waals surface area contributed by atoms with Gasteiger partial charge in [0.05, 0.1) is 18.2 Å². The summed E-state index contributed by atoms with van der Waals surface area (Å²) < 4.78 is 0. The molecule has 2 rings (SSSR count). The third-order valence-electron chi connectivity index (χ3n) is 3.29. The Hall–Kier alpha value is -0.980. The summed E-state index contributed by atoms with van der Waals surface area (Å²) in [7, 11) is 2.12. The van der Waals surface area contributed by atoms with E-state index in [1.165, 1.54) is 17.8 Å². The summed E-state index contributed by atoms with van der Waals surface area (Å²) in [6.07, 6.45) is 2.29. The van der Waals surface area contributed by atoms with Crippen molar-refractivity contribution in [2.75, 3.05) is 20.1 Å². The first kappa shape index (κ1) is 13.5. The number of likely N-dealkylation sites (tertiary alicyclic amines) is 1. The highest BCUT2D eigenvalue weighted by molar-refractivity contribution is 7.09. The van der Waals surface area contributed by atoms with E-state index in [4.69, 9.17) is 10.8 Å². The molecular weight excluding hydrogens is 250 g/mol. The lowest BCUT2D eigenvalue weighted by atomic mass is 9.96. The summed E-state index contributed by atoms with van der Waals surface area (Å²) in [6, 6.07) is -0.484. The lowest BCUT2D eigenvalue weighted by Crippen LogP contribution is -2.31. The molecule has 0 aromatic carbocycles.